The van der Waals surface area contributed by atoms with E-state index in [1.165, 1.54) is 6.08 Å². The third kappa shape index (κ3) is 1.79. The average molecular weight is 288 g/mol. The molecule has 0 bridgehead atoms. The van der Waals surface area contributed by atoms with Crippen molar-refractivity contribution in [2.75, 3.05) is 11.9 Å². The molecule has 1 aromatic heterocycles. The molecule has 0 radical (unpaired) electrons. The lowest BCUT2D eigenvalue weighted by atomic mass is 10.3. The maximum absolute atomic E-state index is 11.9. The highest BCUT2D eigenvalue weighted by Crippen LogP contribution is 2.41. The molecule has 96 valence electrons. The first-order valence-corrected chi connectivity index (χ1v) is 7.28. The van der Waals surface area contributed by atoms with E-state index in [2.05, 4.69) is 15.3 Å². The van der Waals surface area contributed by atoms with Gasteiger partial charge < -0.3 is 10.4 Å². The molecule has 0 saturated heterocycles. The molecule has 2 N–H and O–H groups in total. The number of aromatic nitrogens is 2. The van der Waals surface area contributed by atoms with Gasteiger partial charge in [0.1, 0.15) is 4.90 Å². The van der Waals surface area contributed by atoms with Crippen LogP contribution in [-0.4, -0.2) is 35.6 Å². The van der Waals surface area contributed by atoms with Crippen LogP contribution in [0.4, 0.5) is 5.82 Å². The quantitative estimate of drug-likeness (QED) is 0.800. The van der Waals surface area contributed by atoms with E-state index in [9.17, 15) is 13.5 Å². The smallest absolute Gasteiger partial charge is 0.224 e. The number of fused-ring (bicyclic) bond motifs is 1. The van der Waals surface area contributed by atoms with Gasteiger partial charge in [0.2, 0.25) is 15.1 Å². The number of hydrogen-bond acceptors (Lipinski definition) is 6. The van der Waals surface area contributed by atoms with Gasteiger partial charge in [-0.05, 0) is 30.5 Å². The molecular weight excluding hydrogens is 278 g/mol. The fraction of sp³-hybridized carbons (Fsp3) is 0.400. The van der Waals surface area contributed by atoms with Crippen LogP contribution in [0.2, 0.25) is 5.28 Å². The van der Waals surface area contributed by atoms with Crippen molar-refractivity contribution in [2.45, 2.75) is 23.3 Å². The fourth-order valence-corrected chi connectivity index (χ4v) is 3.26. The molecule has 3 rings (SSSR count). The topological polar surface area (TPSA) is 92.2 Å². The molecule has 0 atom stereocenters. The van der Waals surface area contributed by atoms with Crippen molar-refractivity contribution < 1.29 is 13.5 Å². The number of halogens is 1. The summed E-state index contributed by atoms with van der Waals surface area (Å²) >= 11 is 5.76. The van der Waals surface area contributed by atoms with E-state index in [0.29, 0.717) is 0 Å². The molecule has 8 heteroatoms. The number of anilines is 1. The summed E-state index contributed by atoms with van der Waals surface area (Å²) in [6.45, 7) is -0.0725. The van der Waals surface area contributed by atoms with Crippen molar-refractivity contribution in [1.82, 2.24) is 9.97 Å². The third-order valence-electron chi connectivity index (χ3n) is 3.09. The Morgan fingerprint density at radius 3 is 2.78 bits per heavy atom. The van der Waals surface area contributed by atoms with Crippen molar-refractivity contribution in [3.8, 4) is 0 Å². The molecule has 0 spiro atoms. The summed E-state index contributed by atoms with van der Waals surface area (Å²) in [7, 11) is -3.51. The van der Waals surface area contributed by atoms with E-state index in [1.54, 1.807) is 0 Å². The van der Waals surface area contributed by atoms with E-state index >= 15 is 0 Å². The Morgan fingerprint density at radius 2 is 2.17 bits per heavy atom. The zero-order valence-corrected chi connectivity index (χ0v) is 10.8. The Morgan fingerprint density at radius 1 is 1.44 bits per heavy atom. The van der Waals surface area contributed by atoms with Gasteiger partial charge in [-0.3, -0.25) is 0 Å². The van der Waals surface area contributed by atoms with Crippen molar-refractivity contribution in [3.05, 3.63) is 16.4 Å². The monoisotopic (exact) mass is 287 g/mol. The number of hydrogen-bond donors (Lipinski definition) is 2. The van der Waals surface area contributed by atoms with Crippen LogP contribution in [0.15, 0.2) is 10.3 Å². The normalized spacial score (nSPS) is 21.7. The molecule has 1 aliphatic carbocycles. The highest BCUT2D eigenvalue weighted by molar-refractivity contribution is 7.95. The van der Waals surface area contributed by atoms with Crippen molar-refractivity contribution in [1.29, 1.82) is 0 Å². The predicted molar refractivity (Wildman–Crippen MR) is 65.9 cm³/mol. The maximum atomic E-state index is 11.9. The predicted octanol–water partition coefficient (Wildman–Crippen LogP) is 0.825. The maximum Gasteiger partial charge on any atom is 0.224 e. The number of aliphatic hydroxyl groups excluding tert-OH is 1. The first-order valence-electron chi connectivity index (χ1n) is 5.36. The van der Waals surface area contributed by atoms with Crippen molar-refractivity contribution >= 4 is 33.3 Å². The van der Waals surface area contributed by atoms with Gasteiger partial charge in [-0.25, -0.2) is 13.4 Å². The molecule has 6 nitrogen and oxygen atoms in total. The average Bonchev–Trinajstić information content (AvgIpc) is 2.99. The number of nitrogens with zero attached hydrogens (tertiary/aromatic N) is 2. The third-order valence-corrected chi connectivity index (χ3v) is 4.73. The lowest BCUT2D eigenvalue weighted by molar-refractivity contribution is 0.265. The van der Waals surface area contributed by atoms with Crippen molar-refractivity contribution in [2.24, 2.45) is 0 Å². The molecule has 0 amide bonds. The van der Waals surface area contributed by atoms with Crippen LogP contribution in [0.25, 0.3) is 6.08 Å². The molecule has 1 saturated carbocycles. The second-order valence-electron chi connectivity index (χ2n) is 4.47. The molecule has 2 heterocycles. The van der Waals surface area contributed by atoms with E-state index in [4.69, 9.17) is 11.6 Å². The van der Waals surface area contributed by atoms with Crippen LogP contribution in [0.3, 0.4) is 0 Å². The summed E-state index contributed by atoms with van der Waals surface area (Å²) in [5, 5.41) is 13.3. The number of rotatable bonds is 3. The molecule has 18 heavy (non-hydrogen) atoms. The van der Waals surface area contributed by atoms with Gasteiger partial charge >= 0.3 is 0 Å². The second kappa shape index (κ2) is 3.66. The molecule has 1 fully saturated rings. The van der Waals surface area contributed by atoms with Gasteiger partial charge in [0, 0.05) is 5.41 Å². The van der Waals surface area contributed by atoms with Crippen LogP contribution >= 0.6 is 11.6 Å². The van der Waals surface area contributed by atoms with Gasteiger partial charge in [0.05, 0.1) is 17.8 Å². The summed E-state index contributed by atoms with van der Waals surface area (Å²) in [4.78, 5) is 7.83. The zero-order valence-electron chi connectivity index (χ0n) is 9.22. The summed E-state index contributed by atoms with van der Waals surface area (Å²) in [5.74, 6) is 0.168. The standard InChI is InChI=1S/C10H10ClN3O3S/c11-9-12-6-1-4-18(16,17)7(6)8(13-9)14-10(5-15)2-3-10/h1,4,15H,2-3,5H2,(H,12,13,14). The van der Waals surface area contributed by atoms with E-state index in [0.717, 1.165) is 18.2 Å². The largest absolute Gasteiger partial charge is 0.394 e. The van der Waals surface area contributed by atoms with Crippen LogP contribution < -0.4 is 5.32 Å². The second-order valence-corrected chi connectivity index (χ2v) is 6.58. The highest BCUT2D eigenvalue weighted by Gasteiger charge is 2.44. The van der Waals surface area contributed by atoms with Gasteiger partial charge in [0.15, 0.2) is 5.82 Å². The van der Waals surface area contributed by atoms with Gasteiger partial charge in [0.25, 0.3) is 0 Å². The Bertz CT molecular complexity index is 653. The van der Waals surface area contributed by atoms with Crippen molar-refractivity contribution in [3.63, 3.8) is 0 Å². The minimum Gasteiger partial charge on any atom is -0.394 e. The lowest BCUT2D eigenvalue weighted by Crippen LogP contribution is -2.27. The Hall–Kier alpha value is -1.18. The lowest BCUT2D eigenvalue weighted by Gasteiger charge is -2.17. The van der Waals surface area contributed by atoms with Crippen LogP contribution in [-0.2, 0) is 9.84 Å². The van der Waals surface area contributed by atoms with Crippen LogP contribution in [0, 0.1) is 0 Å². The SMILES string of the molecule is O=S1(=O)C=Cc2nc(Cl)nc(NC3(CO)CC3)c21. The van der Waals surface area contributed by atoms with Gasteiger partial charge in [-0.15, -0.1) is 0 Å². The van der Waals surface area contributed by atoms with E-state index in [-0.39, 0.29) is 28.3 Å². The minimum atomic E-state index is -3.51. The molecule has 1 aromatic rings. The van der Waals surface area contributed by atoms with Crippen LogP contribution in [0.1, 0.15) is 18.5 Å². The van der Waals surface area contributed by atoms with Crippen LogP contribution in [0.5, 0.6) is 0 Å². The zero-order chi connectivity index (χ0) is 13.0. The molecular formula is C10H10ClN3O3S. The van der Waals surface area contributed by atoms with E-state index < -0.39 is 15.4 Å². The number of aliphatic hydroxyl groups is 1. The first-order chi connectivity index (χ1) is 8.46. The summed E-state index contributed by atoms with van der Waals surface area (Å²) in [6, 6.07) is 0. The summed E-state index contributed by atoms with van der Waals surface area (Å²) in [6.07, 6.45) is 2.93. The van der Waals surface area contributed by atoms with Gasteiger partial charge in [-0.1, -0.05) is 0 Å². The number of sulfone groups is 1. The Kier molecular flexibility index (Phi) is 2.42. The molecule has 2 aliphatic rings. The summed E-state index contributed by atoms with van der Waals surface area (Å²) < 4.78 is 23.7. The van der Waals surface area contributed by atoms with E-state index in [1.807, 2.05) is 0 Å². The molecule has 0 aromatic carbocycles. The summed E-state index contributed by atoms with van der Waals surface area (Å²) in [5.41, 5.74) is -0.185. The fourth-order valence-electron chi connectivity index (χ4n) is 1.86. The highest BCUT2D eigenvalue weighted by atomic mass is 35.5. The molecule has 1 aliphatic heterocycles. The Labute approximate surface area is 109 Å². The molecule has 0 unspecified atom stereocenters. The number of nitrogens with one attached hydrogen (secondary N) is 1. The van der Waals surface area contributed by atoms with Gasteiger partial charge in [-0.2, -0.15) is 4.98 Å². The first kappa shape index (κ1) is 11.9. The Balaban J connectivity index is 2.11. The minimum absolute atomic E-state index is 0.0215.